The van der Waals surface area contributed by atoms with Gasteiger partial charge in [0.1, 0.15) is 6.23 Å². The third kappa shape index (κ3) is 9.15. The molecule has 3 aliphatic carbocycles. The first-order chi connectivity index (χ1) is 21.4. The van der Waals surface area contributed by atoms with Crippen LogP contribution >= 0.6 is 11.8 Å². The minimum absolute atomic E-state index is 0.0785. The Kier molecular flexibility index (Phi) is 11.8. The van der Waals surface area contributed by atoms with Crippen LogP contribution in [0.3, 0.4) is 0 Å². The van der Waals surface area contributed by atoms with Gasteiger partial charge in [-0.2, -0.15) is 26.3 Å². The Bertz CT molecular complexity index is 1070. The predicted octanol–water partition coefficient (Wildman–Crippen LogP) is 7.77. The molecule has 1 saturated heterocycles. The second kappa shape index (κ2) is 15.2. The number of piperidine rings is 1. The molecule has 2 heterocycles. The fourth-order valence-corrected chi connectivity index (χ4v) is 9.63. The van der Waals surface area contributed by atoms with Gasteiger partial charge >= 0.3 is 12.4 Å². The van der Waals surface area contributed by atoms with Gasteiger partial charge in [-0.1, -0.05) is 18.1 Å². The molecule has 6 atom stereocenters. The lowest BCUT2D eigenvalue weighted by molar-refractivity contribution is -0.236. The maximum atomic E-state index is 14.1. The Morgan fingerprint density at radius 3 is 2.40 bits per heavy atom. The zero-order valence-corrected chi connectivity index (χ0v) is 26.9. The van der Waals surface area contributed by atoms with Gasteiger partial charge in [-0.25, -0.2) is 0 Å². The molecule has 2 N–H and O–H groups in total. The number of nitrogens with one attached hydrogen (secondary N) is 1. The number of aliphatic hydroxyl groups is 1. The first kappa shape index (κ1) is 34.9. The number of rotatable bonds is 9. The summed E-state index contributed by atoms with van der Waals surface area (Å²) >= 11 is 1.62. The van der Waals surface area contributed by atoms with Crippen molar-refractivity contribution in [1.82, 2.24) is 15.1 Å². The van der Waals surface area contributed by atoms with Gasteiger partial charge in [-0.15, -0.1) is 11.8 Å². The monoisotopic (exact) mass is 665 g/mol. The SMILES string of the molecule is O=C(NCCCN1CCCCC1)C1CC=C(CC2SC3=C(CCCC3)N(CC3CCC(C(F)(F)F)CC3C(F)(F)F)C2O)CC1. The molecule has 5 nitrogen and oxygen atoms in total. The van der Waals surface area contributed by atoms with Crippen molar-refractivity contribution in [2.45, 2.75) is 120 Å². The molecule has 2 aliphatic heterocycles. The third-order valence-electron chi connectivity index (χ3n) is 10.7. The van der Waals surface area contributed by atoms with Crippen molar-refractivity contribution < 1.29 is 36.2 Å². The first-order valence-electron chi connectivity index (χ1n) is 17.0. The van der Waals surface area contributed by atoms with Crippen LogP contribution in [-0.4, -0.2) is 77.4 Å². The second-order valence-electron chi connectivity index (χ2n) is 13.8. The molecular formula is C33H49F6N3O2S. The highest BCUT2D eigenvalue weighted by Gasteiger charge is 2.54. The molecular weight excluding hydrogens is 616 g/mol. The van der Waals surface area contributed by atoms with E-state index in [4.69, 9.17) is 0 Å². The Hall–Kier alpha value is -1.40. The van der Waals surface area contributed by atoms with Crippen LogP contribution in [0, 0.1) is 23.7 Å². The topological polar surface area (TPSA) is 55.8 Å². The van der Waals surface area contributed by atoms with Crippen molar-refractivity contribution in [3.05, 3.63) is 22.3 Å². The highest BCUT2D eigenvalue weighted by atomic mass is 32.2. The average Bonchev–Trinajstić information content (AvgIpc) is 3.01. The van der Waals surface area contributed by atoms with Crippen LogP contribution < -0.4 is 5.32 Å². The molecule has 5 rings (SSSR count). The van der Waals surface area contributed by atoms with Gasteiger partial charge < -0.3 is 20.2 Å². The van der Waals surface area contributed by atoms with Crippen molar-refractivity contribution >= 4 is 17.7 Å². The minimum Gasteiger partial charge on any atom is -0.372 e. The number of thioether (sulfide) groups is 1. The number of carbonyl (C=O) groups excluding carboxylic acids is 1. The molecule has 256 valence electrons. The van der Waals surface area contributed by atoms with Crippen LogP contribution in [0.2, 0.25) is 0 Å². The van der Waals surface area contributed by atoms with Crippen molar-refractivity contribution in [2.75, 3.05) is 32.7 Å². The number of carbonyl (C=O) groups is 1. The molecule has 0 aromatic carbocycles. The van der Waals surface area contributed by atoms with Crippen LogP contribution in [0.25, 0.3) is 0 Å². The maximum absolute atomic E-state index is 14.1. The number of amides is 1. The first-order valence-corrected chi connectivity index (χ1v) is 17.9. The summed E-state index contributed by atoms with van der Waals surface area (Å²) < 4.78 is 82.4. The van der Waals surface area contributed by atoms with E-state index in [1.165, 1.54) is 19.3 Å². The number of alkyl halides is 6. The number of halogens is 6. The predicted molar refractivity (Wildman–Crippen MR) is 164 cm³/mol. The van der Waals surface area contributed by atoms with Gasteiger partial charge in [-0.05, 0) is 115 Å². The molecule has 12 heteroatoms. The summed E-state index contributed by atoms with van der Waals surface area (Å²) in [6, 6.07) is 0. The minimum atomic E-state index is -4.73. The lowest BCUT2D eigenvalue weighted by Crippen LogP contribution is -2.51. The van der Waals surface area contributed by atoms with Gasteiger partial charge in [-0.3, -0.25) is 4.79 Å². The molecule has 0 bridgehead atoms. The molecule has 1 saturated carbocycles. The van der Waals surface area contributed by atoms with Crippen LogP contribution in [0.4, 0.5) is 26.3 Å². The van der Waals surface area contributed by atoms with Crippen molar-refractivity contribution in [3.63, 3.8) is 0 Å². The molecule has 5 aliphatic rings. The van der Waals surface area contributed by atoms with Gasteiger partial charge in [0.15, 0.2) is 0 Å². The van der Waals surface area contributed by atoms with E-state index in [2.05, 4.69) is 16.3 Å². The zero-order valence-electron chi connectivity index (χ0n) is 26.1. The standard InChI is InChI=1S/C33H49F6N3O2S/c34-32(35,36)25-14-13-24(26(20-25)33(37,38)39)21-42-27-7-2-3-8-28(27)45-29(31(42)44)19-22-9-11-23(12-10-22)30(43)40-15-6-18-41-16-4-1-5-17-41/h9,23-26,29,31,44H,1-8,10-21H2,(H,40,43). The Morgan fingerprint density at radius 1 is 0.956 bits per heavy atom. The fraction of sp³-hybridized carbons (Fsp3) is 0.848. The van der Waals surface area contributed by atoms with Gasteiger partial charge in [0.25, 0.3) is 0 Å². The van der Waals surface area contributed by atoms with Crippen LogP contribution in [-0.2, 0) is 4.79 Å². The van der Waals surface area contributed by atoms with Gasteiger partial charge in [0, 0.05) is 29.6 Å². The molecule has 0 aromatic rings. The Balaban J connectivity index is 1.17. The quantitative estimate of drug-likeness (QED) is 0.150. The average molecular weight is 666 g/mol. The van der Waals surface area contributed by atoms with Gasteiger partial charge in [0.2, 0.25) is 5.91 Å². The number of hydrogen-bond acceptors (Lipinski definition) is 5. The van der Waals surface area contributed by atoms with Crippen molar-refractivity contribution in [2.24, 2.45) is 23.7 Å². The Morgan fingerprint density at radius 2 is 1.71 bits per heavy atom. The fourth-order valence-electron chi connectivity index (χ4n) is 8.08. The number of likely N-dealkylation sites (tertiary alicyclic amines) is 1. The molecule has 45 heavy (non-hydrogen) atoms. The Labute approximate surface area is 267 Å². The normalized spacial score (nSPS) is 32.2. The van der Waals surface area contributed by atoms with E-state index < -0.39 is 42.8 Å². The molecule has 0 aromatic heterocycles. The zero-order chi connectivity index (χ0) is 32.2. The summed E-state index contributed by atoms with van der Waals surface area (Å²) in [4.78, 5) is 18.1. The second-order valence-corrected chi connectivity index (χ2v) is 15.2. The number of nitrogens with zero attached hydrogens (tertiary/aromatic N) is 2. The van der Waals surface area contributed by atoms with E-state index in [0.717, 1.165) is 74.3 Å². The van der Waals surface area contributed by atoms with E-state index in [1.54, 1.807) is 16.7 Å². The molecule has 1 amide bonds. The largest absolute Gasteiger partial charge is 0.392 e. The van der Waals surface area contributed by atoms with Crippen LogP contribution in [0.1, 0.15) is 96.3 Å². The van der Waals surface area contributed by atoms with Crippen molar-refractivity contribution in [3.8, 4) is 0 Å². The number of hydrogen-bond donors (Lipinski definition) is 2. The van der Waals surface area contributed by atoms with E-state index in [0.29, 0.717) is 25.8 Å². The molecule has 2 fully saturated rings. The summed E-state index contributed by atoms with van der Waals surface area (Å²) in [6.07, 6.45) is 1.06. The lowest BCUT2D eigenvalue weighted by atomic mass is 9.73. The molecule has 0 spiro atoms. The van der Waals surface area contributed by atoms with Crippen LogP contribution in [0.15, 0.2) is 22.3 Å². The van der Waals surface area contributed by atoms with E-state index in [-0.39, 0.29) is 36.5 Å². The summed E-state index contributed by atoms with van der Waals surface area (Å²) in [6.45, 7) is 3.90. The third-order valence-corrected chi connectivity index (χ3v) is 12.2. The summed E-state index contributed by atoms with van der Waals surface area (Å²) in [5.74, 6) is -4.98. The highest BCUT2D eigenvalue weighted by molar-refractivity contribution is 8.03. The molecule has 0 radical (unpaired) electrons. The number of aliphatic hydroxyl groups excluding tert-OH is 1. The van der Waals surface area contributed by atoms with E-state index >= 15 is 0 Å². The van der Waals surface area contributed by atoms with E-state index in [1.807, 2.05) is 0 Å². The lowest BCUT2D eigenvalue weighted by Gasteiger charge is -2.47. The van der Waals surface area contributed by atoms with Gasteiger partial charge in [0.05, 0.1) is 17.1 Å². The smallest absolute Gasteiger partial charge is 0.372 e. The van der Waals surface area contributed by atoms with E-state index in [9.17, 15) is 36.2 Å². The summed E-state index contributed by atoms with van der Waals surface area (Å²) in [7, 11) is 0. The summed E-state index contributed by atoms with van der Waals surface area (Å²) in [5.41, 5.74) is 2.03. The highest BCUT2D eigenvalue weighted by Crippen LogP contribution is 2.51. The molecule has 6 unspecified atom stereocenters. The number of allylic oxidation sites excluding steroid dienone is 4. The maximum Gasteiger partial charge on any atom is 0.392 e. The summed E-state index contributed by atoms with van der Waals surface area (Å²) in [5, 5.41) is 14.4. The van der Waals surface area contributed by atoms with Crippen LogP contribution in [0.5, 0.6) is 0 Å². The van der Waals surface area contributed by atoms with Crippen molar-refractivity contribution in [1.29, 1.82) is 0 Å².